The highest BCUT2D eigenvalue weighted by molar-refractivity contribution is 6.31. The van der Waals surface area contributed by atoms with Crippen molar-refractivity contribution in [3.63, 3.8) is 0 Å². The third-order valence-corrected chi connectivity index (χ3v) is 7.04. The van der Waals surface area contributed by atoms with Gasteiger partial charge in [-0.05, 0) is 26.3 Å². The molecule has 2 aromatic heterocycles. The molecule has 0 amide bonds. The van der Waals surface area contributed by atoms with E-state index in [9.17, 15) is 9.50 Å². The van der Waals surface area contributed by atoms with E-state index in [-0.39, 0.29) is 18.2 Å². The third kappa shape index (κ3) is 3.92. The van der Waals surface area contributed by atoms with Gasteiger partial charge in [0.05, 0.1) is 35.8 Å². The van der Waals surface area contributed by atoms with Crippen LogP contribution in [0.1, 0.15) is 24.8 Å². The lowest BCUT2D eigenvalue weighted by Gasteiger charge is -2.31. The second-order valence-corrected chi connectivity index (χ2v) is 9.16. The molecule has 31 heavy (non-hydrogen) atoms. The molecule has 0 saturated carbocycles. The summed E-state index contributed by atoms with van der Waals surface area (Å²) >= 11 is 6.26. The van der Waals surface area contributed by atoms with Gasteiger partial charge in [0.2, 0.25) is 0 Å². The van der Waals surface area contributed by atoms with Crippen LogP contribution >= 0.6 is 11.6 Å². The van der Waals surface area contributed by atoms with Crippen LogP contribution in [0.15, 0.2) is 6.20 Å². The minimum absolute atomic E-state index is 0.232. The summed E-state index contributed by atoms with van der Waals surface area (Å²) in [5.74, 6) is 0.632. The van der Waals surface area contributed by atoms with Gasteiger partial charge in [-0.1, -0.05) is 11.6 Å². The molecule has 10 heteroatoms. The van der Waals surface area contributed by atoms with Crippen LogP contribution in [-0.2, 0) is 4.74 Å². The minimum atomic E-state index is -0.817. The molecule has 5 heterocycles. The molecular formula is C21H27ClFN5O3. The molecule has 0 spiro atoms. The predicted molar refractivity (Wildman–Crippen MR) is 115 cm³/mol. The summed E-state index contributed by atoms with van der Waals surface area (Å²) in [6, 6.07) is 0.232. The van der Waals surface area contributed by atoms with Gasteiger partial charge in [0.1, 0.15) is 23.7 Å². The third-order valence-electron chi connectivity index (χ3n) is 6.65. The van der Waals surface area contributed by atoms with Gasteiger partial charge in [0, 0.05) is 37.8 Å². The monoisotopic (exact) mass is 451 g/mol. The van der Waals surface area contributed by atoms with E-state index in [0.29, 0.717) is 55.8 Å². The molecule has 5 rings (SSSR count). The molecule has 3 aliphatic heterocycles. The summed E-state index contributed by atoms with van der Waals surface area (Å²) in [5.41, 5.74) is 1.12. The quantitative estimate of drug-likeness (QED) is 0.708. The van der Waals surface area contributed by atoms with Gasteiger partial charge >= 0.3 is 6.01 Å². The summed E-state index contributed by atoms with van der Waals surface area (Å²) in [4.78, 5) is 17.8. The Morgan fingerprint density at radius 1 is 1.35 bits per heavy atom. The number of rotatable bonds is 4. The molecule has 168 valence electrons. The lowest BCUT2D eigenvalue weighted by molar-refractivity contribution is 0.0597. The van der Waals surface area contributed by atoms with E-state index < -0.39 is 12.3 Å². The maximum absolute atomic E-state index is 14.1. The number of aromatic nitrogens is 3. The first-order valence-corrected chi connectivity index (χ1v) is 11.2. The van der Waals surface area contributed by atoms with E-state index in [1.54, 1.807) is 6.20 Å². The maximum Gasteiger partial charge on any atom is 0.319 e. The number of halogens is 2. The first-order valence-electron chi connectivity index (χ1n) is 10.8. The number of aliphatic hydroxyl groups is 1. The van der Waals surface area contributed by atoms with E-state index >= 15 is 0 Å². The van der Waals surface area contributed by atoms with E-state index in [1.165, 1.54) is 0 Å². The maximum atomic E-state index is 14.1. The van der Waals surface area contributed by atoms with Crippen molar-refractivity contribution in [1.29, 1.82) is 0 Å². The SMILES string of the molecule is Cc1c(Cl)ncc2c(N3CCOC[C@@H](O)C3)nc(OC[C@@]34CCCN3C[C@H](F)C4)nc12. The summed E-state index contributed by atoms with van der Waals surface area (Å²) in [6.45, 7) is 5.31. The fraction of sp³-hybridized carbons (Fsp3) is 0.667. The average molecular weight is 452 g/mol. The van der Waals surface area contributed by atoms with E-state index in [2.05, 4.69) is 14.9 Å². The number of nitrogens with zero attached hydrogens (tertiary/aromatic N) is 5. The number of β-amino-alcohol motifs (C(OH)–C–C–N with tert-alkyl or cyclic N) is 1. The number of fused-ring (bicyclic) bond motifs is 2. The van der Waals surface area contributed by atoms with Gasteiger partial charge in [0.15, 0.2) is 0 Å². The number of aliphatic hydroxyl groups excluding tert-OH is 1. The number of pyridine rings is 1. The molecule has 0 bridgehead atoms. The fourth-order valence-corrected chi connectivity index (χ4v) is 5.23. The smallest absolute Gasteiger partial charge is 0.319 e. The van der Waals surface area contributed by atoms with E-state index in [1.807, 2.05) is 11.8 Å². The number of hydrogen-bond acceptors (Lipinski definition) is 8. The molecule has 3 aliphatic rings. The van der Waals surface area contributed by atoms with Crippen LogP contribution in [-0.4, -0.2) is 88.8 Å². The Morgan fingerprint density at radius 2 is 2.23 bits per heavy atom. The zero-order valence-electron chi connectivity index (χ0n) is 17.6. The van der Waals surface area contributed by atoms with E-state index in [0.717, 1.165) is 30.3 Å². The van der Waals surface area contributed by atoms with Crippen molar-refractivity contribution in [2.45, 2.75) is 44.0 Å². The van der Waals surface area contributed by atoms with Crippen molar-refractivity contribution in [1.82, 2.24) is 19.9 Å². The van der Waals surface area contributed by atoms with Crippen LogP contribution in [0.5, 0.6) is 6.01 Å². The topological polar surface area (TPSA) is 83.8 Å². The van der Waals surface area contributed by atoms with Crippen LogP contribution in [0.3, 0.4) is 0 Å². The molecule has 3 saturated heterocycles. The van der Waals surface area contributed by atoms with Crippen LogP contribution in [0.4, 0.5) is 10.2 Å². The summed E-state index contributed by atoms with van der Waals surface area (Å²) in [5, 5.41) is 11.3. The van der Waals surface area contributed by atoms with Gasteiger partial charge in [-0.3, -0.25) is 4.90 Å². The van der Waals surface area contributed by atoms with Crippen molar-refractivity contribution in [3.8, 4) is 6.01 Å². The summed E-state index contributed by atoms with van der Waals surface area (Å²) in [6.07, 6.45) is 2.67. The minimum Gasteiger partial charge on any atom is -0.461 e. The Bertz CT molecular complexity index is 982. The molecule has 8 nitrogen and oxygen atoms in total. The van der Waals surface area contributed by atoms with Gasteiger partial charge in [-0.25, -0.2) is 9.37 Å². The Labute approximate surface area is 185 Å². The largest absolute Gasteiger partial charge is 0.461 e. The lowest BCUT2D eigenvalue weighted by atomic mass is 9.95. The highest BCUT2D eigenvalue weighted by atomic mass is 35.5. The van der Waals surface area contributed by atoms with Crippen molar-refractivity contribution in [2.75, 3.05) is 50.9 Å². The van der Waals surface area contributed by atoms with Crippen molar-refractivity contribution in [3.05, 3.63) is 16.9 Å². The van der Waals surface area contributed by atoms with Gasteiger partial charge in [0.25, 0.3) is 0 Å². The molecule has 2 aromatic rings. The second-order valence-electron chi connectivity index (χ2n) is 8.80. The average Bonchev–Trinajstić information content (AvgIpc) is 3.17. The second kappa shape index (κ2) is 8.27. The molecule has 3 atom stereocenters. The molecule has 0 aromatic carbocycles. The summed E-state index contributed by atoms with van der Waals surface area (Å²) in [7, 11) is 0. The van der Waals surface area contributed by atoms with Gasteiger partial charge < -0.3 is 19.5 Å². The molecular weight excluding hydrogens is 425 g/mol. The lowest BCUT2D eigenvalue weighted by Crippen LogP contribution is -2.43. The number of alkyl halides is 1. The molecule has 3 fully saturated rings. The molecule has 0 aliphatic carbocycles. The fourth-order valence-electron chi connectivity index (χ4n) is 5.10. The Hall–Kier alpha value is -1.81. The molecule has 0 unspecified atom stereocenters. The Balaban J connectivity index is 1.50. The van der Waals surface area contributed by atoms with Crippen molar-refractivity contribution < 1.29 is 19.0 Å². The van der Waals surface area contributed by atoms with Crippen molar-refractivity contribution >= 4 is 28.3 Å². The Kier molecular flexibility index (Phi) is 5.62. The zero-order chi connectivity index (χ0) is 21.6. The predicted octanol–water partition coefficient (Wildman–Crippen LogP) is 2.14. The molecule has 1 N–H and O–H groups in total. The zero-order valence-corrected chi connectivity index (χ0v) is 18.3. The first kappa shape index (κ1) is 21.1. The number of ether oxygens (including phenoxy) is 2. The highest BCUT2D eigenvalue weighted by Crippen LogP contribution is 2.40. The van der Waals surface area contributed by atoms with Gasteiger partial charge in [-0.15, -0.1) is 0 Å². The number of hydrogen-bond donors (Lipinski definition) is 1. The standard InChI is InChI=1S/C21H27ClFN5O3/c1-13-17-16(8-24-18(13)22)19(27-5-6-30-11-15(29)10-27)26-20(25-17)31-12-21-3-2-4-28(21)9-14(23)7-21/h8,14-15,29H,2-7,9-12H2,1H3/t14-,15+,21+/m1/s1. The van der Waals surface area contributed by atoms with Crippen LogP contribution in [0.25, 0.3) is 10.9 Å². The van der Waals surface area contributed by atoms with Gasteiger partial charge in [-0.2, -0.15) is 9.97 Å². The van der Waals surface area contributed by atoms with E-state index in [4.69, 9.17) is 26.1 Å². The normalized spacial score (nSPS) is 29.4. The Morgan fingerprint density at radius 3 is 3.10 bits per heavy atom. The molecule has 0 radical (unpaired) electrons. The van der Waals surface area contributed by atoms with Crippen molar-refractivity contribution in [2.24, 2.45) is 0 Å². The van der Waals surface area contributed by atoms with Crippen LogP contribution < -0.4 is 9.64 Å². The van der Waals surface area contributed by atoms with Crippen LogP contribution in [0.2, 0.25) is 5.15 Å². The number of aryl methyl sites for hydroxylation is 1. The number of anilines is 1. The highest BCUT2D eigenvalue weighted by Gasteiger charge is 2.49. The summed E-state index contributed by atoms with van der Waals surface area (Å²) < 4.78 is 25.7. The van der Waals surface area contributed by atoms with Crippen LogP contribution in [0, 0.1) is 6.92 Å². The first-order chi connectivity index (χ1) is 14.9.